The third-order valence-corrected chi connectivity index (χ3v) is 7.24. The van der Waals surface area contributed by atoms with Crippen molar-refractivity contribution in [3.8, 4) is 22.6 Å². The lowest BCUT2D eigenvalue weighted by molar-refractivity contribution is 0.142. The van der Waals surface area contributed by atoms with Crippen molar-refractivity contribution >= 4 is 27.9 Å². The van der Waals surface area contributed by atoms with Crippen LogP contribution in [0.1, 0.15) is 25.1 Å². The number of halogens is 1. The molecule has 0 unspecified atom stereocenters. The summed E-state index contributed by atoms with van der Waals surface area (Å²) in [5, 5.41) is 17.2. The molecule has 2 aromatic carbocycles. The van der Waals surface area contributed by atoms with Gasteiger partial charge < -0.3 is 19.5 Å². The van der Waals surface area contributed by atoms with Crippen molar-refractivity contribution in [3.63, 3.8) is 0 Å². The molecule has 0 aliphatic carbocycles. The molecule has 0 bridgehead atoms. The quantitative estimate of drug-likeness (QED) is 0.307. The van der Waals surface area contributed by atoms with Gasteiger partial charge in [0.1, 0.15) is 18.1 Å². The third kappa shape index (κ3) is 5.70. The van der Waals surface area contributed by atoms with Gasteiger partial charge in [0, 0.05) is 17.7 Å². The van der Waals surface area contributed by atoms with Crippen molar-refractivity contribution in [1.82, 2.24) is 15.1 Å². The highest BCUT2D eigenvalue weighted by molar-refractivity contribution is 7.92. The van der Waals surface area contributed by atoms with Gasteiger partial charge in [-0.1, -0.05) is 26.0 Å². The summed E-state index contributed by atoms with van der Waals surface area (Å²) >= 11 is 0. The zero-order valence-corrected chi connectivity index (χ0v) is 21.0. The van der Waals surface area contributed by atoms with Crippen molar-refractivity contribution in [3.05, 3.63) is 65.7 Å². The fourth-order valence-corrected chi connectivity index (χ4v) is 5.19. The van der Waals surface area contributed by atoms with E-state index in [0.717, 1.165) is 31.3 Å². The van der Waals surface area contributed by atoms with Gasteiger partial charge in [-0.3, -0.25) is 4.72 Å². The van der Waals surface area contributed by atoms with E-state index in [1.165, 1.54) is 12.3 Å². The predicted octanol–water partition coefficient (Wildman–Crippen LogP) is 4.39. The highest BCUT2D eigenvalue weighted by atomic mass is 32.2. The molecule has 0 radical (unpaired) electrons. The molecule has 0 saturated heterocycles. The van der Waals surface area contributed by atoms with Crippen LogP contribution in [0.15, 0.2) is 53.6 Å². The van der Waals surface area contributed by atoms with Gasteiger partial charge in [0.25, 0.3) is 10.0 Å². The molecule has 0 spiro atoms. The fraction of sp³-hybridized carbons (Fsp3) is 0.240. The summed E-state index contributed by atoms with van der Waals surface area (Å²) in [5.41, 5.74) is 1.64. The Bertz CT molecular complexity index is 1460. The van der Waals surface area contributed by atoms with E-state index >= 15 is 0 Å². The van der Waals surface area contributed by atoms with Crippen LogP contribution >= 0.6 is 0 Å². The Kier molecular flexibility index (Phi) is 7.69. The van der Waals surface area contributed by atoms with E-state index in [1.807, 2.05) is 13.8 Å². The van der Waals surface area contributed by atoms with Gasteiger partial charge in [-0.2, -0.15) is 10.2 Å². The Hall–Kier alpha value is -4.03. The van der Waals surface area contributed by atoms with E-state index in [1.54, 1.807) is 24.3 Å². The van der Waals surface area contributed by atoms with Crippen LogP contribution in [0.25, 0.3) is 17.2 Å². The van der Waals surface area contributed by atoms with E-state index in [-0.39, 0.29) is 34.3 Å². The van der Waals surface area contributed by atoms with Crippen LogP contribution in [0.5, 0.6) is 11.5 Å². The molecule has 1 aliphatic rings. The van der Waals surface area contributed by atoms with Gasteiger partial charge in [0.2, 0.25) is 5.75 Å². The number of nitrogens with zero attached hydrogens (tertiary/aromatic N) is 3. The van der Waals surface area contributed by atoms with Crippen LogP contribution in [-0.4, -0.2) is 54.4 Å². The number of anilines is 1. The molecule has 1 aliphatic heterocycles. The van der Waals surface area contributed by atoms with Crippen LogP contribution in [0.2, 0.25) is 0 Å². The minimum Gasteiger partial charge on any atom is -0.483 e. The zero-order chi connectivity index (χ0) is 26.6. The molecule has 0 saturated carbocycles. The molecule has 4 rings (SSSR count). The summed E-state index contributed by atoms with van der Waals surface area (Å²) in [5.74, 6) is -0.876. The van der Waals surface area contributed by atoms with Crippen LogP contribution in [-0.2, 0) is 16.6 Å². The SMILES string of the molecule is CCN(CC)C/C=C\c1cc(F)ccc1S(=O)(=O)Nc1ccc2c(c1OC(=O)O)OCc1nnccc1-2. The molecule has 12 heteroatoms. The van der Waals surface area contributed by atoms with E-state index < -0.39 is 22.0 Å². The van der Waals surface area contributed by atoms with Gasteiger partial charge in [0.15, 0.2) is 5.75 Å². The number of hydrogen-bond acceptors (Lipinski definition) is 8. The number of carboxylic acid groups (broad SMARTS) is 1. The largest absolute Gasteiger partial charge is 0.511 e. The number of ether oxygens (including phenoxy) is 2. The molecule has 2 heterocycles. The van der Waals surface area contributed by atoms with E-state index in [4.69, 9.17) is 9.47 Å². The molecular formula is C25H25FN4O6S. The van der Waals surface area contributed by atoms with Crippen molar-refractivity contribution in [2.45, 2.75) is 25.3 Å². The average Bonchev–Trinajstić information content (AvgIpc) is 2.87. The lowest BCUT2D eigenvalue weighted by atomic mass is 10.0. The summed E-state index contributed by atoms with van der Waals surface area (Å²) in [6.45, 7) is 6.17. The van der Waals surface area contributed by atoms with Crippen LogP contribution in [0.4, 0.5) is 14.9 Å². The Morgan fingerprint density at radius 1 is 1.22 bits per heavy atom. The lowest BCUT2D eigenvalue weighted by Gasteiger charge is -2.23. The van der Waals surface area contributed by atoms with E-state index in [9.17, 15) is 22.7 Å². The maximum absolute atomic E-state index is 14.0. The highest BCUT2D eigenvalue weighted by Crippen LogP contribution is 2.47. The minimum atomic E-state index is -4.30. The number of rotatable bonds is 9. The first-order chi connectivity index (χ1) is 17.7. The van der Waals surface area contributed by atoms with Gasteiger partial charge in [-0.15, -0.1) is 0 Å². The zero-order valence-electron chi connectivity index (χ0n) is 20.1. The monoisotopic (exact) mass is 528 g/mol. The second-order valence-corrected chi connectivity index (χ2v) is 9.69. The summed E-state index contributed by atoms with van der Waals surface area (Å²) in [6.07, 6.45) is 3.12. The Balaban J connectivity index is 1.73. The molecule has 3 aromatic rings. The number of benzene rings is 2. The van der Waals surface area contributed by atoms with Crippen LogP contribution in [0, 0.1) is 5.82 Å². The standard InChI is InChI=1S/C25H25FN4O6S/c1-3-30(4-2)13-5-6-16-14-17(26)7-10-22(16)37(33,34)29-20-9-8-19-18-11-12-27-28-21(18)15-35-23(19)24(20)36-25(31)32/h5-12,14,29H,3-4,13,15H2,1-2H3,(H,31,32)/b6-5-. The number of hydrogen-bond donors (Lipinski definition) is 2. The molecule has 194 valence electrons. The highest BCUT2D eigenvalue weighted by Gasteiger charge is 2.28. The first kappa shape index (κ1) is 26.0. The molecule has 2 N–H and O–H groups in total. The Morgan fingerprint density at radius 2 is 2.00 bits per heavy atom. The molecule has 1 aromatic heterocycles. The summed E-state index contributed by atoms with van der Waals surface area (Å²) in [7, 11) is -4.30. The molecule has 10 nitrogen and oxygen atoms in total. The molecule has 0 amide bonds. The molecule has 0 atom stereocenters. The number of sulfonamides is 1. The maximum atomic E-state index is 14.0. The number of carbonyl (C=O) groups is 1. The van der Waals surface area contributed by atoms with Gasteiger partial charge in [-0.25, -0.2) is 17.6 Å². The molecule has 0 fully saturated rings. The van der Waals surface area contributed by atoms with E-state index in [2.05, 4.69) is 19.8 Å². The van der Waals surface area contributed by atoms with Gasteiger partial charge in [-0.05, 0) is 55.1 Å². The second kappa shape index (κ2) is 10.9. The number of aromatic nitrogens is 2. The minimum absolute atomic E-state index is 0.0121. The first-order valence-corrected chi connectivity index (χ1v) is 12.9. The van der Waals surface area contributed by atoms with Crippen LogP contribution in [0.3, 0.4) is 0 Å². The third-order valence-electron chi connectivity index (χ3n) is 5.80. The number of likely N-dealkylation sites (N-methyl/N-ethyl adjacent to an activating group) is 1. The Labute approximate surface area is 213 Å². The molecular weight excluding hydrogens is 503 g/mol. The second-order valence-electron chi connectivity index (χ2n) is 8.04. The first-order valence-electron chi connectivity index (χ1n) is 11.5. The number of fused-ring (bicyclic) bond motifs is 3. The van der Waals surface area contributed by atoms with Gasteiger partial charge in [0.05, 0.1) is 16.8 Å². The fourth-order valence-electron chi connectivity index (χ4n) is 3.94. The summed E-state index contributed by atoms with van der Waals surface area (Å²) < 4.78 is 53.9. The average molecular weight is 529 g/mol. The number of nitrogens with one attached hydrogen (secondary N) is 1. The Morgan fingerprint density at radius 3 is 2.73 bits per heavy atom. The maximum Gasteiger partial charge on any atom is 0.511 e. The summed E-state index contributed by atoms with van der Waals surface area (Å²) in [6, 6.07) is 7.93. The van der Waals surface area contributed by atoms with Crippen LogP contribution < -0.4 is 14.2 Å². The van der Waals surface area contributed by atoms with E-state index in [0.29, 0.717) is 23.4 Å². The van der Waals surface area contributed by atoms with Crippen molar-refractivity contribution in [1.29, 1.82) is 0 Å². The topological polar surface area (TPSA) is 131 Å². The van der Waals surface area contributed by atoms with Crippen molar-refractivity contribution in [2.24, 2.45) is 0 Å². The summed E-state index contributed by atoms with van der Waals surface area (Å²) in [4.78, 5) is 13.4. The molecule has 37 heavy (non-hydrogen) atoms. The normalized spacial score (nSPS) is 12.6. The van der Waals surface area contributed by atoms with Crippen molar-refractivity contribution in [2.75, 3.05) is 24.4 Å². The van der Waals surface area contributed by atoms with Crippen molar-refractivity contribution < 1.29 is 32.2 Å². The lowest BCUT2D eigenvalue weighted by Crippen LogP contribution is -2.22. The predicted molar refractivity (Wildman–Crippen MR) is 134 cm³/mol. The smallest absolute Gasteiger partial charge is 0.483 e. The van der Waals surface area contributed by atoms with Gasteiger partial charge >= 0.3 is 6.16 Å².